The van der Waals surface area contributed by atoms with Crippen molar-refractivity contribution in [3.05, 3.63) is 59.9 Å². The van der Waals surface area contributed by atoms with Gasteiger partial charge in [0.05, 0.1) is 11.4 Å². The number of carbonyl (C=O) groups excluding carboxylic acids is 1. The smallest absolute Gasteiger partial charge is 0.221 e. The van der Waals surface area contributed by atoms with Gasteiger partial charge in [-0.05, 0) is 42.8 Å². The Morgan fingerprint density at radius 1 is 1.14 bits per heavy atom. The molecule has 0 saturated carbocycles. The molecule has 0 heterocycles. The Balaban J connectivity index is 2.22. The fraction of sp³-hybridized carbons (Fsp3) is 0.118. The summed E-state index contributed by atoms with van der Waals surface area (Å²) >= 11 is 0. The third-order valence-corrected chi connectivity index (χ3v) is 3.09. The number of allylic oxidation sites excluding steroid dienone is 1. The summed E-state index contributed by atoms with van der Waals surface area (Å²) in [6.45, 7) is 3.33. The maximum Gasteiger partial charge on any atom is 0.221 e. The van der Waals surface area contributed by atoms with Crippen LogP contribution in [-0.2, 0) is 4.79 Å². The second kappa shape index (κ2) is 6.76. The van der Waals surface area contributed by atoms with Crippen LogP contribution in [0.5, 0.6) is 0 Å². The topological polar surface area (TPSA) is 67.2 Å². The number of rotatable bonds is 4. The Hall–Kier alpha value is -2.82. The lowest BCUT2D eigenvalue weighted by atomic mass is 10.1. The summed E-state index contributed by atoms with van der Waals surface area (Å²) in [5.41, 5.74) is 9.25. The average molecular weight is 299 g/mol. The van der Waals surface area contributed by atoms with E-state index in [1.165, 1.54) is 25.1 Å². The molecule has 0 saturated heterocycles. The molecule has 0 radical (unpaired) electrons. The zero-order valence-corrected chi connectivity index (χ0v) is 12.5. The highest BCUT2D eigenvalue weighted by atomic mass is 19.1. The fourth-order valence-electron chi connectivity index (χ4n) is 2.03. The normalized spacial score (nSPS) is 11.1. The van der Waals surface area contributed by atoms with E-state index in [-0.39, 0.29) is 11.7 Å². The average Bonchev–Trinajstić information content (AvgIpc) is 2.48. The molecule has 0 aliphatic rings. The number of hydrogen-bond donors (Lipinski definition) is 3. The summed E-state index contributed by atoms with van der Waals surface area (Å²) in [6, 6.07) is 11.5. The number of hydrogen-bond acceptors (Lipinski definition) is 3. The molecule has 2 aromatic carbocycles. The minimum absolute atomic E-state index is 0.121. The van der Waals surface area contributed by atoms with Crippen LogP contribution in [0, 0.1) is 5.82 Å². The summed E-state index contributed by atoms with van der Waals surface area (Å²) in [5.74, 6) is -0.474. The van der Waals surface area contributed by atoms with Gasteiger partial charge < -0.3 is 16.4 Å². The van der Waals surface area contributed by atoms with Crippen LogP contribution in [0.4, 0.5) is 21.5 Å². The Bertz CT molecular complexity index is 708. The number of nitrogens with one attached hydrogen (secondary N) is 2. The van der Waals surface area contributed by atoms with Gasteiger partial charge in [-0.1, -0.05) is 18.2 Å². The molecule has 0 bridgehead atoms. The second-order valence-corrected chi connectivity index (χ2v) is 4.82. The molecule has 2 aromatic rings. The first kappa shape index (κ1) is 15.6. The van der Waals surface area contributed by atoms with Gasteiger partial charge in [0, 0.05) is 18.3 Å². The second-order valence-electron chi connectivity index (χ2n) is 4.82. The van der Waals surface area contributed by atoms with Crippen LogP contribution in [0.25, 0.3) is 5.70 Å². The quantitative estimate of drug-likeness (QED) is 0.751. The summed E-state index contributed by atoms with van der Waals surface area (Å²) in [6.07, 6.45) is 1.87. The van der Waals surface area contributed by atoms with Crippen molar-refractivity contribution in [1.29, 1.82) is 0 Å². The van der Waals surface area contributed by atoms with Crippen LogP contribution in [0.15, 0.2) is 48.5 Å². The molecule has 5 heteroatoms. The Labute approximate surface area is 128 Å². The molecule has 0 atom stereocenters. The fourth-order valence-corrected chi connectivity index (χ4v) is 2.03. The number of nitrogens with two attached hydrogens (primary N) is 1. The van der Waals surface area contributed by atoms with Crippen molar-refractivity contribution < 1.29 is 9.18 Å². The molecule has 114 valence electrons. The number of carbonyl (C=O) groups is 1. The maximum atomic E-state index is 13.3. The van der Waals surface area contributed by atoms with Gasteiger partial charge in [-0.25, -0.2) is 4.39 Å². The minimum atomic E-state index is -0.354. The van der Waals surface area contributed by atoms with E-state index in [2.05, 4.69) is 10.6 Å². The molecule has 0 aromatic heterocycles. The van der Waals surface area contributed by atoms with E-state index < -0.39 is 0 Å². The van der Waals surface area contributed by atoms with E-state index in [4.69, 9.17) is 5.73 Å². The van der Waals surface area contributed by atoms with Crippen LogP contribution in [0.1, 0.15) is 19.4 Å². The largest absolute Gasteiger partial charge is 0.397 e. The zero-order chi connectivity index (χ0) is 16.1. The van der Waals surface area contributed by atoms with Crippen molar-refractivity contribution in [1.82, 2.24) is 0 Å². The highest BCUT2D eigenvalue weighted by Crippen LogP contribution is 2.25. The van der Waals surface area contributed by atoms with Crippen LogP contribution >= 0.6 is 0 Å². The van der Waals surface area contributed by atoms with Crippen molar-refractivity contribution in [2.75, 3.05) is 16.4 Å². The van der Waals surface area contributed by atoms with Gasteiger partial charge in [0.15, 0.2) is 0 Å². The first-order valence-corrected chi connectivity index (χ1v) is 6.86. The van der Waals surface area contributed by atoms with Gasteiger partial charge in [0.1, 0.15) is 5.82 Å². The highest BCUT2D eigenvalue weighted by molar-refractivity contribution is 5.89. The lowest BCUT2D eigenvalue weighted by molar-refractivity contribution is -0.114. The molecule has 0 aliphatic heterocycles. The molecule has 2 rings (SSSR count). The third-order valence-electron chi connectivity index (χ3n) is 3.09. The molecular formula is C17H18FN3O. The van der Waals surface area contributed by atoms with Crippen molar-refractivity contribution in [2.24, 2.45) is 0 Å². The number of amides is 1. The van der Waals surface area contributed by atoms with Crippen LogP contribution in [-0.4, -0.2) is 5.91 Å². The van der Waals surface area contributed by atoms with Crippen molar-refractivity contribution >= 4 is 28.7 Å². The first-order valence-electron chi connectivity index (χ1n) is 6.86. The molecule has 4 nitrogen and oxygen atoms in total. The van der Waals surface area contributed by atoms with Gasteiger partial charge in [0.25, 0.3) is 0 Å². The van der Waals surface area contributed by atoms with E-state index in [1.54, 1.807) is 12.1 Å². The van der Waals surface area contributed by atoms with Gasteiger partial charge in [-0.3, -0.25) is 4.79 Å². The number of benzene rings is 2. The predicted molar refractivity (Wildman–Crippen MR) is 88.8 cm³/mol. The molecule has 22 heavy (non-hydrogen) atoms. The van der Waals surface area contributed by atoms with Gasteiger partial charge >= 0.3 is 0 Å². The number of halogens is 1. The molecule has 1 amide bonds. The van der Waals surface area contributed by atoms with E-state index in [9.17, 15) is 9.18 Å². The Morgan fingerprint density at radius 2 is 1.82 bits per heavy atom. The number of nitrogen functional groups attached to an aromatic ring is 1. The van der Waals surface area contributed by atoms with E-state index in [0.717, 1.165) is 16.9 Å². The molecule has 0 unspecified atom stereocenters. The van der Waals surface area contributed by atoms with Crippen molar-refractivity contribution in [3.8, 4) is 0 Å². The first-order chi connectivity index (χ1) is 10.5. The molecule has 0 fully saturated rings. The van der Waals surface area contributed by atoms with Crippen molar-refractivity contribution in [2.45, 2.75) is 13.8 Å². The highest BCUT2D eigenvalue weighted by Gasteiger charge is 2.06. The predicted octanol–water partition coefficient (Wildman–Crippen LogP) is 3.84. The summed E-state index contributed by atoms with van der Waals surface area (Å²) in [5, 5.41) is 5.83. The Morgan fingerprint density at radius 3 is 2.41 bits per heavy atom. The monoisotopic (exact) mass is 299 g/mol. The summed E-state index contributed by atoms with van der Waals surface area (Å²) in [7, 11) is 0. The van der Waals surface area contributed by atoms with Crippen LogP contribution in [0.2, 0.25) is 0 Å². The SMILES string of the molecule is C/C=C(/Nc1cc(F)ccc1N)c1ccc(NC(C)=O)cc1. The summed E-state index contributed by atoms with van der Waals surface area (Å²) in [4.78, 5) is 11.0. The van der Waals surface area contributed by atoms with Crippen LogP contribution in [0.3, 0.4) is 0 Å². The van der Waals surface area contributed by atoms with Crippen molar-refractivity contribution in [3.63, 3.8) is 0 Å². The zero-order valence-electron chi connectivity index (χ0n) is 12.5. The standard InChI is InChI=1S/C17H18FN3O/c1-3-16(21-17-10-13(18)6-9-15(17)19)12-4-7-14(8-5-12)20-11(2)22/h3-10,21H,19H2,1-2H3,(H,20,22)/b16-3+. The lowest BCUT2D eigenvalue weighted by Crippen LogP contribution is -2.06. The molecular weight excluding hydrogens is 281 g/mol. The minimum Gasteiger partial charge on any atom is -0.397 e. The maximum absolute atomic E-state index is 13.3. The van der Waals surface area contributed by atoms with Gasteiger partial charge in [0.2, 0.25) is 5.91 Å². The molecule has 4 N–H and O–H groups in total. The van der Waals surface area contributed by atoms with E-state index >= 15 is 0 Å². The lowest BCUT2D eigenvalue weighted by Gasteiger charge is -2.14. The molecule has 0 aliphatic carbocycles. The molecule has 0 spiro atoms. The van der Waals surface area contributed by atoms with Gasteiger partial charge in [-0.15, -0.1) is 0 Å². The summed E-state index contributed by atoms with van der Waals surface area (Å²) < 4.78 is 13.3. The number of anilines is 3. The third kappa shape index (κ3) is 3.85. The van der Waals surface area contributed by atoms with E-state index in [1.807, 2.05) is 25.1 Å². The van der Waals surface area contributed by atoms with E-state index in [0.29, 0.717) is 11.4 Å². The Kier molecular flexibility index (Phi) is 4.78. The van der Waals surface area contributed by atoms with Crippen LogP contribution < -0.4 is 16.4 Å². The van der Waals surface area contributed by atoms with Gasteiger partial charge in [-0.2, -0.15) is 0 Å².